The molecule has 5 nitrogen and oxygen atoms in total. The molecule has 1 aliphatic carbocycles. The zero-order valence-electron chi connectivity index (χ0n) is 13.7. The third kappa shape index (κ3) is 4.76. The van der Waals surface area contributed by atoms with Gasteiger partial charge < -0.3 is 10.6 Å². The summed E-state index contributed by atoms with van der Waals surface area (Å²) in [6, 6.07) is 5.48. The van der Waals surface area contributed by atoms with E-state index in [-0.39, 0.29) is 18.4 Å². The number of nitrogens with one attached hydrogen (secondary N) is 2. The second-order valence-electron chi connectivity index (χ2n) is 6.10. The first kappa shape index (κ1) is 17.8. The molecule has 0 radical (unpaired) electrons. The predicted molar refractivity (Wildman–Crippen MR) is 98.9 cm³/mol. The van der Waals surface area contributed by atoms with Crippen molar-refractivity contribution in [1.82, 2.24) is 10.6 Å². The molecule has 1 aliphatic rings. The number of amides is 2. The van der Waals surface area contributed by atoms with Gasteiger partial charge in [-0.05, 0) is 36.4 Å². The lowest BCUT2D eigenvalue weighted by Crippen LogP contribution is -2.44. The average Bonchev–Trinajstić information content (AvgIpc) is 3.32. The van der Waals surface area contributed by atoms with E-state index in [1.165, 1.54) is 29.1 Å². The summed E-state index contributed by atoms with van der Waals surface area (Å²) in [6.07, 6.45) is 5.28. The van der Waals surface area contributed by atoms with E-state index in [1.54, 1.807) is 12.1 Å². The lowest BCUT2D eigenvalue weighted by atomic mass is 9.95. The molecule has 2 aromatic heterocycles. The van der Waals surface area contributed by atoms with Crippen LogP contribution in [0.5, 0.6) is 0 Å². The number of thiophene rings is 2. The quantitative estimate of drug-likeness (QED) is 0.622. The predicted octanol–water partition coefficient (Wildman–Crippen LogP) is 3.11. The van der Waals surface area contributed by atoms with Crippen molar-refractivity contribution in [3.05, 3.63) is 44.3 Å². The Hall–Kier alpha value is -1.99. The van der Waals surface area contributed by atoms with Crippen LogP contribution in [0.4, 0.5) is 0 Å². The van der Waals surface area contributed by atoms with Crippen LogP contribution < -0.4 is 10.6 Å². The van der Waals surface area contributed by atoms with Crippen LogP contribution in [0.25, 0.3) is 0 Å². The van der Waals surface area contributed by atoms with Gasteiger partial charge in [-0.3, -0.25) is 14.4 Å². The molecule has 7 heteroatoms. The summed E-state index contributed by atoms with van der Waals surface area (Å²) in [5.74, 6) is -1.21. The fraction of sp³-hybridized carbons (Fsp3) is 0.389. The standard InChI is InChI=1S/C18H20N2O3S2/c21-16(12-8-9-24-11-12)15-7-6-14(25-15)10-19-17(22)18(23)20-13-4-2-1-3-5-13/h6-9,11,13H,1-5,10H2,(H,19,22)(H,20,23). The Morgan fingerprint density at radius 1 is 1.04 bits per heavy atom. The lowest BCUT2D eigenvalue weighted by molar-refractivity contribution is -0.139. The summed E-state index contributed by atoms with van der Waals surface area (Å²) >= 11 is 2.82. The van der Waals surface area contributed by atoms with Gasteiger partial charge in [0, 0.05) is 21.9 Å². The molecule has 0 spiro atoms. The molecule has 0 saturated heterocycles. The normalized spacial score (nSPS) is 14.9. The Bertz CT molecular complexity index is 746. The van der Waals surface area contributed by atoms with Gasteiger partial charge in [0.15, 0.2) is 0 Å². The molecule has 2 N–H and O–H groups in total. The van der Waals surface area contributed by atoms with Crippen molar-refractivity contribution in [3.63, 3.8) is 0 Å². The average molecular weight is 377 g/mol. The highest BCUT2D eigenvalue weighted by Crippen LogP contribution is 2.21. The summed E-state index contributed by atoms with van der Waals surface area (Å²) < 4.78 is 0. The van der Waals surface area contributed by atoms with Crippen LogP contribution in [0.2, 0.25) is 0 Å². The fourth-order valence-electron chi connectivity index (χ4n) is 2.88. The molecule has 0 aliphatic heterocycles. The molecule has 0 aromatic carbocycles. The van der Waals surface area contributed by atoms with Crippen LogP contribution in [-0.4, -0.2) is 23.6 Å². The Morgan fingerprint density at radius 2 is 1.84 bits per heavy atom. The van der Waals surface area contributed by atoms with E-state index in [9.17, 15) is 14.4 Å². The molecule has 25 heavy (non-hydrogen) atoms. The number of rotatable bonds is 5. The van der Waals surface area contributed by atoms with Crippen molar-refractivity contribution in [2.45, 2.75) is 44.7 Å². The van der Waals surface area contributed by atoms with Gasteiger partial charge in [0.25, 0.3) is 0 Å². The van der Waals surface area contributed by atoms with E-state index in [4.69, 9.17) is 0 Å². The van der Waals surface area contributed by atoms with Crippen molar-refractivity contribution in [2.75, 3.05) is 0 Å². The molecule has 3 rings (SSSR count). The molecule has 2 aromatic rings. The van der Waals surface area contributed by atoms with Gasteiger partial charge in [0.1, 0.15) is 0 Å². The monoisotopic (exact) mass is 376 g/mol. The molecular formula is C18H20N2O3S2. The lowest BCUT2D eigenvalue weighted by Gasteiger charge is -2.22. The van der Waals surface area contributed by atoms with Gasteiger partial charge in [-0.2, -0.15) is 11.3 Å². The van der Waals surface area contributed by atoms with E-state index < -0.39 is 11.8 Å². The zero-order chi connectivity index (χ0) is 17.6. The molecule has 2 amide bonds. The summed E-state index contributed by atoms with van der Waals surface area (Å²) in [7, 11) is 0. The summed E-state index contributed by atoms with van der Waals surface area (Å²) in [6.45, 7) is 0.249. The molecule has 0 bridgehead atoms. The number of hydrogen-bond acceptors (Lipinski definition) is 5. The van der Waals surface area contributed by atoms with Crippen LogP contribution >= 0.6 is 22.7 Å². The summed E-state index contributed by atoms with van der Waals surface area (Å²) in [5, 5.41) is 9.11. The largest absolute Gasteiger partial charge is 0.345 e. The maximum absolute atomic E-state index is 12.3. The molecule has 1 fully saturated rings. The first-order valence-corrected chi connectivity index (χ1v) is 10.1. The van der Waals surface area contributed by atoms with E-state index in [0.717, 1.165) is 30.6 Å². The van der Waals surface area contributed by atoms with Gasteiger partial charge in [-0.15, -0.1) is 11.3 Å². The minimum absolute atomic E-state index is 0.0149. The van der Waals surface area contributed by atoms with E-state index in [1.807, 2.05) is 16.8 Å². The van der Waals surface area contributed by atoms with E-state index >= 15 is 0 Å². The third-order valence-corrected chi connectivity index (χ3v) is 6.01. The molecule has 132 valence electrons. The number of hydrogen-bond donors (Lipinski definition) is 2. The van der Waals surface area contributed by atoms with Crippen molar-refractivity contribution in [2.24, 2.45) is 0 Å². The number of ketones is 1. The maximum atomic E-state index is 12.3. The molecule has 1 saturated carbocycles. The first-order valence-electron chi connectivity index (χ1n) is 8.38. The van der Waals surface area contributed by atoms with Crippen LogP contribution in [0, 0.1) is 0 Å². The van der Waals surface area contributed by atoms with Gasteiger partial charge >= 0.3 is 11.8 Å². The topological polar surface area (TPSA) is 75.3 Å². The Balaban J connectivity index is 1.49. The van der Waals surface area contributed by atoms with Gasteiger partial charge in [0.05, 0.1) is 11.4 Å². The van der Waals surface area contributed by atoms with Crippen molar-refractivity contribution in [3.8, 4) is 0 Å². The number of carbonyl (C=O) groups excluding carboxylic acids is 3. The minimum Gasteiger partial charge on any atom is -0.345 e. The maximum Gasteiger partial charge on any atom is 0.309 e. The highest BCUT2D eigenvalue weighted by Gasteiger charge is 2.20. The van der Waals surface area contributed by atoms with Gasteiger partial charge in [-0.1, -0.05) is 19.3 Å². The highest BCUT2D eigenvalue weighted by atomic mass is 32.1. The molecule has 2 heterocycles. The second-order valence-corrected chi connectivity index (χ2v) is 8.05. The second kappa shape index (κ2) is 8.40. The molecular weight excluding hydrogens is 356 g/mol. The third-order valence-electron chi connectivity index (χ3n) is 4.24. The molecule has 0 unspecified atom stereocenters. The van der Waals surface area contributed by atoms with Crippen molar-refractivity contribution >= 4 is 40.3 Å². The minimum atomic E-state index is -0.621. The van der Waals surface area contributed by atoms with Crippen LogP contribution in [0.3, 0.4) is 0 Å². The Morgan fingerprint density at radius 3 is 2.56 bits per heavy atom. The fourth-order valence-corrected chi connectivity index (χ4v) is 4.42. The summed E-state index contributed by atoms with van der Waals surface area (Å²) in [4.78, 5) is 37.6. The number of carbonyl (C=O) groups is 3. The van der Waals surface area contributed by atoms with Gasteiger partial charge in [-0.25, -0.2) is 0 Å². The SMILES string of the molecule is O=C(NCc1ccc(C(=O)c2ccsc2)s1)C(=O)NC1CCCCC1. The van der Waals surface area contributed by atoms with Crippen LogP contribution in [0.1, 0.15) is 52.2 Å². The van der Waals surface area contributed by atoms with E-state index in [0.29, 0.717) is 10.4 Å². The smallest absolute Gasteiger partial charge is 0.309 e. The van der Waals surface area contributed by atoms with Crippen molar-refractivity contribution < 1.29 is 14.4 Å². The van der Waals surface area contributed by atoms with Crippen LogP contribution in [0.15, 0.2) is 29.0 Å². The van der Waals surface area contributed by atoms with Gasteiger partial charge in [0.2, 0.25) is 5.78 Å². The molecule has 0 atom stereocenters. The Labute approximate surface area is 154 Å². The van der Waals surface area contributed by atoms with E-state index in [2.05, 4.69) is 10.6 Å². The van der Waals surface area contributed by atoms with Crippen molar-refractivity contribution in [1.29, 1.82) is 0 Å². The van der Waals surface area contributed by atoms with Crippen LogP contribution in [-0.2, 0) is 16.1 Å². The zero-order valence-corrected chi connectivity index (χ0v) is 15.4. The Kier molecular flexibility index (Phi) is 5.99. The highest BCUT2D eigenvalue weighted by molar-refractivity contribution is 7.14. The summed E-state index contributed by atoms with van der Waals surface area (Å²) in [5.41, 5.74) is 0.675. The first-order chi connectivity index (χ1) is 12.1.